The Labute approximate surface area is 78.9 Å². The smallest absolute Gasteiger partial charge is 0.216 e. The van der Waals surface area contributed by atoms with Crippen molar-refractivity contribution in [1.29, 1.82) is 0 Å². The molecule has 0 aromatic carbocycles. The summed E-state index contributed by atoms with van der Waals surface area (Å²) in [6.07, 6.45) is 2.30. The van der Waals surface area contributed by atoms with Crippen LogP contribution in [-0.4, -0.2) is 48.2 Å². The summed E-state index contributed by atoms with van der Waals surface area (Å²) in [6.45, 7) is 4.23. The number of carbonyl (C=O) groups is 1. The molecule has 1 rings (SSSR count). The number of carbonyl (C=O) groups excluding carboxylic acids is 1. The molecule has 1 aliphatic rings. The minimum atomic E-state index is 0.0239. The number of β-amino-alcohol motifs (C(OH)–C–C–N with tert-alkyl or cyclic N) is 1. The maximum atomic E-state index is 10.7. The average Bonchev–Trinajstić information content (AvgIpc) is 2.49. The summed E-state index contributed by atoms with van der Waals surface area (Å²) < 4.78 is 0. The highest BCUT2D eigenvalue weighted by Crippen LogP contribution is 2.15. The molecule has 0 aromatic heterocycles. The number of hydrogen-bond acceptors (Lipinski definition) is 3. The zero-order chi connectivity index (χ0) is 9.68. The van der Waals surface area contributed by atoms with Crippen molar-refractivity contribution < 1.29 is 9.90 Å². The van der Waals surface area contributed by atoms with Crippen LogP contribution in [0.5, 0.6) is 0 Å². The van der Waals surface area contributed by atoms with Crippen LogP contribution in [0.1, 0.15) is 19.8 Å². The van der Waals surface area contributed by atoms with Gasteiger partial charge in [0, 0.05) is 26.1 Å². The quantitative estimate of drug-likeness (QED) is 0.627. The zero-order valence-corrected chi connectivity index (χ0v) is 8.12. The van der Waals surface area contributed by atoms with Gasteiger partial charge in [0.15, 0.2) is 0 Å². The molecule has 1 heterocycles. The lowest BCUT2D eigenvalue weighted by Crippen LogP contribution is -2.40. The van der Waals surface area contributed by atoms with Gasteiger partial charge in [-0.3, -0.25) is 9.69 Å². The van der Waals surface area contributed by atoms with Crippen molar-refractivity contribution in [3.63, 3.8) is 0 Å². The van der Waals surface area contributed by atoms with Crippen LogP contribution in [0.4, 0.5) is 0 Å². The van der Waals surface area contributed by atoms with Gasteiger partial charge in [0.1, 0.15) is 0 Å². The third-order valence-corrected chi connectivity index (χ3v) is 2.47. The SMILES string of the molecule is CC(=O)NC[C@@H]1CCCN1CCO. The van der Waals surface area contributed by atoms with Crippen LogP contribution in [0.2, 0.25) is 0 Å². The third-order valence-electron chi connectivity index (χ3n) is 2.47. The first-order chi connectivity index (χ1) is 6.24. The number of aliphatic hydroxyl groups is 1. The van der Waals surface area contributed by atoms with Gasteiger partial charge in [-0.25, -0.2) is 0 Å². The Bertz CT molecular complexity index is 173. The third kappa shape index (κ3) is 3.32. The second-order valence-electron chi connectivity index (χ2n) is 3.49. The highest BCUT2D eigenvalue weighted by atomic mass is 16.3. The molecule has 0 radical (unpaired) electrons. The number of nitrogens with zero attached hydrogens (tertiary/aromatic N) is 1. The summed E-state index contributed by atoms with van der Waals surface area (Å²) in [5, 5.41) is 11.6. The van der Waals surface area contributed by atoms with E-state index < -0.39 is 0 Å². The van der Waals surface area contributed by atoms with E-state index in [1.165, 1.54) is 13.3 Å². The van der Waals surface area contributed by atoms with Gasteiger partial charge < -0.3 is 10.4 Å². The van der Waals surface area contributed by atoms with Gasteiger partial charge in [0.05, 0.1) is 6.61 Å². The Kier molecular flexibility index (Phi) is 4.18. The Balaban J connectivity index is 2.26. The van der Waals surface area contributed by atoms with Crippen molar-refractivity contribution >= 4 is 5.91 Å². The van der Waals surface area contributed by atoms with E-state index in [0.717, 1.165) is 26.1 Å². The molecule has 1 atom stereocenters. The van der Waals surface area contributed by atoms with Gasteiger partial charge in [-0.1, -0.05) is 0 Å². The monoisotopic (exact) mass is 186 g/mol. The van der Waals surface area contributed by atoms with Crippen molar-refractivity contribution in [2.75, 3.05) is 26.2 Å². The van der Waals surface area contributed by atoms with Crippen molar-refractivity contribution in [2.45, 2.75) is 25.8 Å². The van der Waals surface area contributed by atoms with Crippen LogP contribution in [0.15, 0.2) is 0 Å². The molecule has 4 heteroatoms. The van der Waals surface area contributed by atoms with Crippen LogP contribution in [-0.2, 0) is 4.79 Å². The molecule has 13 heavy (non-hydrogen) atoms. The van der Waals surface area contributed by atoms with Gasteiger partial charge in [0.25, 0.3) is 0 Å². The molecule has 1 fully saturated rings. The molecule has 0 saturated carbocycles. The van der Waals surface area contributed by atoms with E-state index in [-0.39, 0.29) is 12.5 Å². The normalized spacial score (nSPS) is 23.4. The van der Waals surface area contributed by atoms with Crippen molar-refractivity contribution in [1.82, 2.24) is 10.2 Å². The molecule has 2 N–H and O–H groups in total. The molecule has 4 nitrogen and oxygen atoms in total. The van der Waals surface area contributed by atoms with Crippen LogP contribution in [0.25, 0.3) is 0 Å². The molecule has 76 valence electrons. The first kappa shape index (κ1) is 10.5. The van der Waals surface area contributed by atoms with E-state index >= 15 is 0 Å². The molecule has 0 aliphatic carbocycles. The number of aliphatic hydroxyl groups excluding tert-OH is 1. The predicted molar refractivity (Wildman–Crippen MR) is 50.4 cm³/mol. The topological polar surface area (TPSA) is 52.6 Å². The van der Waals surface area contributed by atoms with Crippen LogP contribution < -0.4 is 5.32 Å². The van der Waals surface area contributed by atoms with E-state index in [0.29, 0.717) is 6.04 Å². The maximum absolute atomic E-state index is 10.7. The first-order valence-corrected chi connectivity index (χ1v) is 4.83. The first-order valence-electron chi connectivity index (χ1n) is 4.83. The van der Waals surface area contributed by atoms with E-state index in [1.54, 1.807) is 0 Å². The summed E-state index contributed by atoms with van der Waals surface area (Å²) in [5.74, 6) is 0.0239. The zero-order valence-electron chi connectivity index (χ0n) is 8.12. The number of amides is 1. The number of nitrogens with one attached hydrogen (secondary N) is 1. The summed E-state index contributed by atoms with van der Waals surface area (Å²) in [4.78, 5) is 12.9. The predicted octanol–water partition coefficient (Wildman–Crippen LogP) is -0.421. The molecule has 1 saturated heterocycles. The average molecular weight is 186 g/mol. The molecule has 0 aromatic rings. The minimum absolute atomic E-state index is 0.0239. The van der Waals surface area contributed by atoms with E-state index in [2.05, 4.69) is 10.2 Å². The number of rotatable bonds is 4. The second kappa shape index (κ2) is 5.19. The molecular weight excluding hydrogens is 168 g/mol. The largest absolute Gasteiger partial charge is 0.395 e. The summed E-state index contributed by atoms with van der Waals surface area (Å²) >= 11 is 0. The summed E-state index contributed by atoms with van der Waals surface area (Å²) in [6, 6.07) is 0.427. The minimum Gasteiger partial charge on any atom is -0.395 e. The van der Waals surface area contributed by atoms with E-state index in [1.807, 2.05) is 0 Å². The highest BCUT2D eigenvalue weighted by Gasteiger charge is 2.23. The van der Waals surface area contributed by atoms with Crippen molar-refractivity contribution in [3.05, 3.63) is 0 Å². The van der Waals surface area contributed by atoms with Gasteiger partial charge >= 0.3 is 0 Å². The van der Waals surface area contributed by atoms with Crippen molar-refractivity contribution in [3.8, 4) is 0 Å². The lowest BCUT2D eigenvalue weighted by molar-refractivity contribution is -0.119. The van der Waals surface area contributed by atoms with Gasteiger partial charge in [-0.15, -0.1) is 0 Å². The summed E-state index contributed by atoms with van der Waals surface area (Å²) in [5.41, 5.74) is 0. The molecule has 1 aliphatic heterocycles. The second-order valence-corrected chi connectivity index (χ2v) is 3.49. The fourth-order valence-electron chi connectivity index (χ4n) is 1.81. The Morgan fingerprint density at radius 1 is 1.69 bits per heavy atom. The number of hydrogen-bond donors (Lipinski definition) is 2. The standard InChI is InChI=1S/C9H18N2O2/c1-8(13)10-7-9-3-2-4-11(9)5-6-12/h9,12H,2-7H2,1H3,(H,10,13)/t9-/m0/s1. The van der Waals surface area contributed by atoms with E-state index in [9.17, 15) is 4.79 Å². The maximum Gasteiger partial charge on any atom is 0.216 e. The van der Waals surface area contributed by atoms with Crippen LogP contribution in [0.3, 0.4) is 0 Å². The number of likely N-dealkylation sites (tertiary alicyclic amines) is 1. The Morgan fingerprint density at radius 3 is 3.08 bits per heavy atom. The van der Waals surface area contributed by atoms with E-state index in [4.69, 9.17) is 5.11 Å². The molecule has 0 spiro atoms. The molecule has 0 bridgehead atoms. The highest BCUT2D eigenvalue weighted by molar-refractivity contribution is 5.72. The molecule has 0 unspecified atom stereocenters. The van der Waals surface area contributed by atoms with Crippen LogP contribution in [0, 0.1) is 0 Å². The van der Waals surface area contributed by atoms with Gasteiger partial charge in [-0.05, 0) is 19.4 Å². The fourth-order valence-corrected chi connectivity index (χ4v) is 1.81. The van der Waals surface area contributed by atoms with Gasteiger partial charge in [-0.2, -0.15) is 0 Å². The summed E-state index contributed by atoms with van der Waals surface area (Å²) in [7, 11) is 0. The lowest BCUT2D eigenvalue weighted by atomic mass is 10.2. The van der Waals surface area contributed by atoms with Gasteiger partial charge in [0.2, 0.25) is 5.91 Å². The Morgan fingerprint density at radius 2 is 2.46 bits per heavy atom. The Hall–Kier alpha value is -0.610. The fraction of sp³-hybridized carbons (Fsp3) is 0.889. The molecule has 1 amide bonds. The lowest BCUT2D eigenvalue weighted by Gasteiger charge is -2.23. The molecular formula is C9H18N2O2. The van der Waals surface area contributed by atoms with Crippen molar-refractivity contribution in [2.24, 2.45) is 0 Å². The van der Waals surface area contributed by atoms with Crippen LogP contribution >= 0.6 is 0 Å².